The Morgan fingerprint density at radius 2 is 2.05 bits per heavy atom. The summed E-state index contributed by atoms with van der Waals surface area (Å²) in [6.07, 6.45) is 14.1. The van der Waals surface area contributed by atoms with Crippen LogP contribution >= 0.6 is 0 Å². The van der Waals surface area contributed by atoms with E-state index in [9.17, 15) is 4.79 Å². The highest BCUT2D eigenvalue weighted by Gasteiger charge is 2.15. The minimum atomic E-state index is -0.233. The number of pyridine rings is 1. The van der Waals surface area contributed by atoms with Crippen molar-refractivity contribution in [3.05, 3.63) is 54.1 Å². The van der Waals surface area contributed by atoms with Crippen molar-refractivity contribution in [1.82, 2.24) is 15.0 Å². The van der Waals surface area contributed by atoms with E-state index < -0.39 is 0 Å². The summed E-state index contributed by atoms with van der Waals surface area (Å²) >= 11 is 0. The van der Waals surface area contributed by atoms with Gasteiger partial charge in [0.25, 0.3) is 5.91 Å². The van der Waals surface area contributed by atoms with Gasteiger partial charge in [0, 0.05) is 42.0 Å². The number of hydrogen-bond donors (Lipinski definition) is 1. The quantitative estimate of drug-likeness (QED) is 0.692. The second-order valence-corrected chi connectivity index (χ2v) is 5.27. The molecule has 0 saturated heterocycles. The second kappa shape index (κ2) is 6.35. The topological polar surface area (TPSA) is 59.3 Å². The molecule has 1 aliphatic rings. The van der Waals surface area contributed by atoms with Gasteiger partial charge in [0.2, 0.25) is 0 Å². The van der Waals surface area contributed by atoms with Crippen LogP contribution in [0.15, 0.2) is 48.1 Å². The molecule has 0 radical (unpaired) electrons. The summed E-state index contributed by atoms with van der Waals surface area (Å²) in [4.78, 5) is 15.7. The van der Waals surface area contributed by atoms with Crippen LogP contribution in [-0.4, -0.2) is 21.7 Å². The molecule has 5 heteroatoms. The van der Waals surface area contributed by atoms with Crippen LogP contribution < -0.4 is 5.43 Å². The Balaban J connectivity index is 1.58. The minimum Gasteiger partial charge on any atom is -0.351 e. The van der Waals surface area contributed by atoms with Crippen LogP contribution in [-0.2, 0) is 0 Å². The number of nitrogens with zero attached hydrogens (tertiary/aromatic N) is 3. The molecule has 108 valence electrons. The van der Waals surface area contributed by atoms with Crippen molar-refractivity contribution >= 4 is 12.1 Å². The SMILES string of the molecule is O=C(N/N=C\c1ccn(C2CCCC2)c1)c1ccncc1. The van der Waals surface area contributed by atoms with E-state index in [4.69, 9.17) is 0 Å². The van der Waals surface area contributed by atoms with Crippen LogP contribution in [0.25, 0.3) is 0 Å². The minimum absolute atomic E-state index is 0.233. The summed E-state index contributed by atoms with van der Waals surface area (Å²) in [5, 5.41) is 4.00. The number of amides is 1. The molecule has 0 bridgehead atoms. The van der Waals surface area contributed by atoms with Gasteiger partial charge in [-0.3, -0.25) is 9.78 Å². The number of hydrazone groups is 1. The molecule has 0 spiro atoms. The third-order valence-electron chi connectivity index (χ3n) is 3.81. The van der Waals surface area contributed by atoms with E-state index in [1.54, 1.807) is 30.7 Å². The number of carbonyl (C=O) groups excluding carboxylic acids is 1. The van der Waals surface area contributed by atoms with Crippen LogP contribution in [0.5, 0.6) is 0 Å². The van der Waals surface area contributed by atoms with Crippen LogP contribution in [0.4, 0.5) is 0 Å². The van der Waals surface area contributed by atoms with Crippen molar-refractivity contribution in [3.8, 4) is 0 Å². The summed E-state index contributed by atoms with van der Waals surface area (Å²) < 4.78 is 2.25. The molecule has 21 heavy (non-hydrogen) atoms. The van der Waals surface area contributed by atoms with Gasteiger partial charge in [-0.2, -0.15) is 5.10 Å². The standard InChI is InChI=1S/C16H18N4O/c21-16(14-5-8-17-9-6-14)19-18-11-13-7-10-20(12-13)15-3-1-2-4-15/h5-12,15H,1-4H2,(H,19,21)/b18-11-. The zero-order valence-electron chi connectivity index (χ0n) is 11.8. The Morgan fingerprint density at radius 3 is 2.81 bits per heavy atom. The highest BCUT2D eigenvalue weighted by molar-refractivity contribution is 5.94. The van der Waals surface area contributed by atoms with E-state index in [1.807, 2.05) is 6.07 Å². The molecule has 0 unspecified atom stereocenters. The van der Waals surface area contributed by atoms with Crippen molar-refractivity contribution in [2.75, 3.05) is 0 Å². The Hall–Kier alpha value is -2.43. The molecule has 1 N–H and O–H groups in total. The fourth-order valence-corrected chi connectivity index (χ4v) is 2.67. The first kappa shape index (κ1) is 13.5. The molecule has 1 amide bonds. The molecule has 2 aromatic heterocycles. The first-order valence-electron chi connectivity index (χ1n) is 7.24. The van der Waals surface area contributed by atoms with E-state index in [0.29, 0.717) is 11.6 Å². The average Bonchev–Trinajstić information content (AvgIpc) is 3.19. The number of rotatable bonds is 4. The van der Waals surface area contributed by atoms with E-state index in [0.717, 1.165) is 5.56 Å². The zero-order chi connectivity index (χ0) is 14.5. The van der Waals surface area contributed by atoms with Gasteiger partial charge >= 0.3 is 0 Å². The molecule has 1 fully saturated rings. The molecule has 5 nitrogen and oxygen atoms in total. The van der Waals surface area contributed by atoms with Crippen LogP contribution in [0.2, 0.25) is 0 Å². The molecule has 2 heterocycles. The first-order chi connectivity index (χ1) is 10.3. The molecular formula is C16H18N4O. The maximum atomic E-state index is 11.8. The smallest absolute Gasteiger partial charge is 0.271 e. The lowest BCUT2D eigenvalue weighted by molar-refractivity contribution is 0.0955. The fourth-order valence-electron chi connectivity index (χ4n) is 2.67. The fraction of sp³-hybridized carbons (Fsp3) is 0.312. The maximum absolute atomic E-state index is 11.8. The van der Waals surface area contributed by atoms with Crippen LogP contribution in [0, 0.1) is 0 Å². The third kappa shape index (κ3) is 3.37. The van der Waals surface area contributed by atoms with Gasteiger partial charge in [-0.05, 0) is 31.0 Å². The van der Waals surface area contributed by atoms with E-state index >= 15 is 0 Å². The van der Waals surface area contributed by atoms with Gasteiger partial charge in [0.05, 0.1) is 6.21 Å². The molecule has 0 atom stereocenters. The summed E-state index contributed by atoms with van der Waals surface area (Å²) in [6, 6.07) is 5.95. The van der Waals surface area contributed by atoms with Crippen molar-refractivity contribution < 1.29 is 4.79 Å². The highest BCUT2D eigenvalue weighted by atomic mass is 16.2. The lowest BCUT2D eigenvalue weighted by Crippen LogP contribution is -2.17. The summed E-state index contributed by atoms with van der Waals surface area (Å²) in [5.41, 5.74) is 4.06. The molecule has 3 rings (SSSR count). The van der Waals surface area contributed by atoms with Gasteiger partial charge in [-0.25, -0.2) is 5.43 Å². The van der Waals surface area contributed by atoms with Crippen molar-refractivity contribution in [3.63, 3.8) is 0 Å². The Bertz CT molecular complexity index is 627. The number of carbonyl (C=O) groups is 1. The molecule has 2 aromatic rings. The average molecular weight is 282 g/mol. The number of nitrogens with one attached hydrogen (secondary N) is 1. The Labute approximate surface area is 123 Å². The predicted molar refractivity (Wildman–Crippen MR) is 81.2 cm³/mol. The summed E-state index contributed by atoms with van der Waals surface area (Å²) in [5.74, 6) is -0.233. The third-order valence-corrected chi connectivity index (χ3v) is 3.81. The molecule has 0 aliphatic heterocycles. The van der Waals surface area contributed by atoms with Crippen molar-refractivity contribution in [1.29, 1.82) is 0 Å². The van der Waals surface area contributed by atoms with Gasteiger partial charge in [0.1, 0.15) is 0 Å². The summed E-state index contributed by atoms with van der Waals surface area (Å²) in [7, 11) is 0. The molecule has 1 saturated carbocycles. The van der Waals surface area contributed by atoms with Gasteiger partial charge in [-0.15, -0.1) is 0 Å². The lowest BCUT2D eigenvalue weighted by atomic mass is 10.2. The number of aromatic nitrogens is 2. The largest absolute Gasteiger partial charge is 0.351 e. The molecule has 1 aliphatic carbocycles. The van der Waals surface area contributed by atoms with Gasteiger partial charge < -0.3 is 4.57 Å². The zero-order valence-corrected chi connectivity index (χ0v) is 11.8. The normalized spacial score (nSPS) is 15.6. The first-order valence-corrected chi connectivity index (χ1v) is 7.24. The van der Waals surface area contributed by atoms with Gasteiger partial charge in [-0.1, -0.05) is 12.8 Å². The molecule has 0 aromatic carbocycles. The van der Waals surface area contributed by atoms with Crippen LogP contribution in [0.1, 0.15) is 47.6 Å². The van der Waals surface area contributed by atoms with Gasteiger partial charge in [0.15, 0.2) is 0 Å². The van der Waals surface area contributed by atoms with Crippen molar-refractivity contribution in [2.24, 2.45) is 5.10 Å². The summed E-state index contributed by atoms with van der Waals surface area (Å²) in [6.45, 7) is 0. The monoisotopic (exact) mass is 282 g/mol. The van der Waals surface area contributed by atoms with E-state index in [1.165, 1.54) is 25.7 Å². The predicted octanol–water partition coefficient (Wildman–Crippen LogP) is 2.76. The second-order valence-electron chi connectivity index (χ2n) is 5.27. The van der Waals surface area contributed by atoms with E-state index in [-0.39, 0.29) is 5.91 Å². The van der Waals surface area contributed by atoms with Crippen LogP contribution in [0.3, 0.4) is 0 Å². The van der Waals surface area contributed by atoms with Crippen molar-refractivity contribution in [2.45, 2.75) is 31.7 Å². The number of hydrogen-bond acceptors (Lipinski definition) is 3. The Morgan fingerprint density at radius 1 is 1.29 bits per heavy atom. The molecular weight excluding hydrogens is 264 g/mol. The maximum Gasteiger partial charge on any atom is 0.271 e. The van der Waals surface area contributed by atoms with E-state index in [2.05, 4.69) is 32.5 Å². The lowest BCUT2D eigenvalue weighted by Gasteiger charge is -2.10. The Kier molecular flexibility index (Phi) is 4.09. The highest BCUT2D eigenvalue weighted by Crippen LogP contribution is 2.29.